The number of anilines is 2. The van der Waals surface area contributed by atoms with Crippen LogP contribution in [0.5, 0.6) is 0 Å². The van der Waals surface area contributed by atoms with E-state index in [1.54, 1.807) is 0 Å². The topological polar surface area (TPSA) is 116 Å². The number of rotatable bonds is 3. The number of nitrogens with two attached hydrogens (primary N) is 1. The highest BCUT2D eigenvalue weighted by atomic mass is 19.4. The molecule has 0 bridgehead atoms. The molecular formula is C18H21F3N8O2. The minimum absolute atomic E-state index is 0.0194. The maximum atomic E-state index is 13.4. The fourth-order valence-corrected chi connectivity index (χ4v) is 3.49. The zero-order valence-corrected chi connectivity index (χ0v) is 16.5. The van der Waals surface area contributed by atoms with Crippen molar-refractivity contribution >= 4 is 23.6 Å². The second-order valence-electron chi connectivity index (χ2n) is 7.03. The number of allylic oxidation sites excluding steroid dienone is 1. The minimum atomic E-state index is -4.73. The maximum absolute atomic E-state index is 13.4. The van der Waals surface area contributed by atoms with E-state index in [1.807, 2.05) is 9.80 Å². The first kappa shape index (κ1) is 21.3. The van der Waals surface area contributed by atoms with Crippen LogP contribution in [0.2, 0.25) is 0 Å². The number of morpholine rings is 2. The molecule has 13 heteroatoms. The van der Waals surface area contributed by atoms with Crippen molar-refractivity contribution in [1.82, 2.24) is 14.9 Å². The number of hydrogen-bond acceptors (Lipinski definition) is 10. The molecule has 2 fully saturated rings. The SMILES string of the molecule is N#Cc1c(C2=CN(C(F)(F)F)C(N)N=C2)nc(N2CCOCC2)nc1N1CCOCC1. The smallest absolute Gasteiger partial charge is 0.378 e. The number of ether oxygens (including phenoxy) is 2. The molecule has 2 N–H and O–H groups in total. The number of nitriles is 1. The summed E-state index contributed by atoms with van der Waals surface area (Å²) in [5.41, 5.74) is 5.67. The summed E-state index contributed by atoms with van der Waals surface area (Å²) in [5.74, 6) is 0.682. The van der Waals surface area contributed by atoms with Crippen LogP contribution >= 0.6 is 0 Å². The van der Waals surface area contributed by atoms with Gasteiger partial charge in [0.1, 0.15) is 11.6 Å². The van der Waals surface area contributed by atoms with Crippen molar-refractivity contribution in [2.45, 2.75) is 12.6 Å². The first-order valence-corrected chi connectivity index (χ1v) is 9.72. The standard InChI is InChI=1S/C18H21F3N8O2/c19-18(20,21)29-11-12(10-24-16(29)23)14-13(9-22)15(27-1-5-30-6-2-27)26-17(25-14)28-3-7-31-8-4-28/h10-11,16H,1-8,23H2. The molecular weight excluding hydrogens is 417 g/mol. The van der Waals surface area contributed by atoms with Gasteiger partial charge in [-0.3, -0.25) is 15.6 Å². The van der Waals surface area contributed by atoms with Gasteiger partial charge in [0.25, 0.3) is 0 Å². The highest BCUT2D eigenvalue weighted by Crippen LogP contribution is 2.32. The largest absolute Gasteiger partial charge is 0.487 e. The Morgan fingerprint density at radius 2 is 1.65 bits per heavy atom. The second-order valence-corrected chi connectivity index (χ2v) is 7.03. The molecule has 0 saturated carbocycles. The van der Waals surface area contributed by atoms with Gasteiger partial charge < -0.3 is 19.3 Å². The van der Waals surface area contributed by atoms with Crippen LogP contribution in [-0.2, 0) is 9.47 Å². The van der Waals surface area contributed by atoms with Gasteiger partial charge in [-0.15, -0.1) is 13.2 Å². The van der Waals surface area contributed by atoms with Crippen molar-refractivity contribution in [3.63, 3.8) is 0 Å². The van der Waals surface area contributed by atoms with Crippen molar-refractivity contribution in [1.29, 1.82) is 5.26 Å². The van der Waals surface area contributed by atoms with Crippen LogP contribution in [0.15, 0.2) is 11.2 Å². The fraction of sp³-hybridized carbons (Fsp3) is 0.556. The van der Waals surface area contributed by atoms with Crippen molar-refractivity contribution in [2.75, 3.05) is 62.4 Å². The normalized spacial score (nSPS) is 22.4. The third-order valence-electron chi connectivity index (χ3n) is 5.09. The average Bonchev–Trinajstić information content (AvgIpc) is 2.79. The van der Waals surface area contributed by atoms with Crippen LogP contribution in [-0.4, -0.2) is 86.3 Å². The van der Waals surface area contributed by atoms with Gasteiger partial charge in [0.05, 0.1) is 32.1 Å². The molecule has 4 heterocycles. The molecule has 10 nitrogen and oxygen atoms in total. The molecule has 1 aromatic rings. The lowest BCUT2D eigenvalue weighted by molar-refractivity contribution is -0.238. The van der Waals surface area contributed by atoms with Gasteiger partial charge in [-0.1, -0.05) is 0 Å². The van der Waals surface area contributed by atoms with Crippen LogP contribution in [0.3, 0.4) is 0 Å². The molecule has 0 aromatic carbocycles. The number of aromatic nitrogens is 2. The summed E-state index contributed by atoms with van der Waals surface area (Å²) in [6, 6.07) is 2.07. The Hall–Kier alpha value is -2.95. The summed E-state index contributed by atoms with van der Waals surface area (Å²) in [7, 11) is 0. The molecule has 0 aliphatic carbocycles. The van der Waals surface area contributed by atoms with E-state index < -0.39 is 12.6 Å². The van der Waals surface area contributed by atoms with Gasteiger partial charge in [0.2, 0.25) is 5.95 Å². The summed E-state index contributed by atoms with van der Waals surface area (Å²) in [5, 5.41) is 9.89. The zero-order valence-electron chi connectivity index (χ0n) is 16.5. The molecule has 31 heavy (non-hydrogen) atoms. The Morgan fingerprint density at radius 3 is 2.23 bits per heavy atom. The number of nitrogens with zero attached hydrogens (tertiary/aromatic N) is 7. The molecule has 1 aromatic heterocycles. The van der Waals surface area contributed by atoms with Crippen LogP contribution < -0.4 is 15.5 Å². The van der Waals surface area contributed by atoms with E-state index in [0.29, 0.717) is 64.4 Å². The van der Waals surface area contributed by atoms with Crippen molar-refractivity contribution < 1.29 is 22.6 Å². The highest BCUT2D eigenvalue weighted by molar-refractivity contribution is 6.10. The van der Waals surface area contributed by atoms with Gasteiger partial charge in [0, 0.05) is 44.2 Å². The van der Waals surface area contributed by atoms with Gasteiger partial charge >= 0.3 is 6.30 Å². The summed E-state index contributed by atoms with van der Waals surface area (Å²) in [6.07, 6.45) is -4.30. The van der Waals surface area contributed by atoms with Gasteiger partial charge in [-0.2, -0.15) is 10.2 Å². The van der Waals surface area contributed by atoms with Gasteiger partial charge in [0.15, 0.2) is 12.1 Å². The van der Waals surface area contributed by atoms with Gasteiger partial charge in [-0.25, -0.2) is 4.98 Å². The summed E-state index contributed by atoms with van der Waals surface area (Å²) in [4.78, 5) is 16.6. The van der Waals surface area contributed by atoms with E-state index in [-0.39, 0.29) is 21.7 Å². The van der Waals surface area contributed by atoms with Crippen LogP contribution in [0, 0.1) is 11.3 Å². The molecule has 4 rings (SSSR count). The molecule has 3 aliphatic heterocycles. The Morgan fingerprint density at radius 1 is 1.03 bits per heavy atom. The Balaban J connectivity index is 1.83. The molecule has 1 unspecified atom stereocenters. The maximum Gasteiger partial charge on any atom is 0.487 e. The summed E-state index contributed by atoms with van der Waals surface area (Å²) >= 11 is 0. The molecule has 0 radical (unpaired) electrons. The Bertz CT molecular complexity index is 918. The summed E-state index contributed by atoms with van der Waals surface area (Å²) < 4.78 is 50.9. The number of aliphatic imine (C=N–C) groups is 1. The highest BCUT2D eigenvalue weighted by Gasteiger charge is 2.40. The predicted molar refractivity (Wildman–Crippen MR) is 105 cm³/mol. The third-order valence-corrected chi connectivity index (χ3v) is 5.09. The van der Waals surface area contributed by atoms with Crippen LogP contribution in [0.1, 0.15) is 11.3 Å². The lowest BCUT2D eigenvalue weighted by Gasteiger charge is -2.33. The first-order chi connectivity index (χ1) is 14.9. The molecule has 0 spiro atoms. The van der Waals surface area contributed by atoms with E-state index >= 15 is 0 Å². The lowest BCUT2D eigenvalue weighted by atomic mass is 10.1. The zero-order chi connectivity index (χ0) is 22.0. The van der Waals surface area contributed by atoms with E-state index in [9.17, 15) is 18.4 Å². The second kappa shape index (κ2) is 8.66. The van der Waals surface area contributed by atoms with E-state index in [2.05, 4.69) is 21.0 Å². The lowest BCUT2D eigenvalue weighted by Crippen LogP contribution is -2.47. The molecule has 0 amide bonds. The number of alkyl halides is 3. The minimum Gasteiger partial charge on any atom is -0.378 e. The monoisotopic (exact) mass is 438 g/mol. The third kappa shape index (κ3) is 4.41. The van der Waals surface area contributed by atoms with E-state index in [0.717, 1.165) is 6.20 Å². The quantitative estimate of drug-likeness (QED) is 0.674. The van der Waals surface area contributed by atoms with Crippen LogP contribution in [0.25, 0.3) is 5.57 Å². The predicted octanol–water partition coefficient (Wildman–Crippen LogP) is 0.511. The Kier molecular flexibility index (Phi) is 5.94. The number of hydrogen-bond donors (Lipinski definition) is 1. The molecule has 3 aliphatic rings. The van der Waals surface area contributed by atoms with Crippen molar-refractivity contribution in [3.8, 4) is 6.07 Å². The summed E-state index contributed by atoms with van der Waals surface area (Å²) in [6.45, 7) is 3.93. The first-order valence-electron chi connectivity index (χ1n) is 9.72. The average molecular weight is 438 g/mol. The fourth-order valence-electron chi connectivity index (χ4n) is 3.49. The molecule has 1 atom stereocenters. The Labute approximate surface area is 176 Å². The number of halogens is 3. The van der Waals surface area contributed by atoms with Gasteiger partial charge in [-0.05, 0) is 0 Å². The molecule has 2 saturated heterocycles. The van der Waals surface area contributed by atoms with Crippen LogP contribution in [0.4, 0.5) is 24.9 Å². The van der Waals surface area contributed by atoms with E-state index in [4.69, 9.17) is 15.2 Å². The molecule has 166 valence electrons. The van der Waals surface area contributed by atoms with E-state index in [1.165, 1.54) is 6.21 Å². The van der Waals surface area contributed by atoms with Crippen molar-refractivity contribution in [2.24, 2.45) is 10.7 Å². The van der Waals surface area contributed by atoms with Crippen molar-refractivity contribution in [3.05, 3.63) is 17.5 Å².